The van der Waals surface area contributed by atoms with Gasteiger partial charge in [-0.25, -0.2) is 4.98 Å². The molecule has 0 saturated carbocycles. The van der Waals surface area contributed by atoms with Gasteiger partial charge in [0.25, 0.3) is 0 Å². The highest BCUT2D eigenvalue weighted by atomic mass is 16.6. The predicted octanol–water partition coefficient (Wildman–Crippen LogP) is 2.43. The predicted molar refractivity (Wildman–Crippen MR) is 98.1 cm³/mol. The summed E-state index contributed by atoms with van der Waals surface area (Å²) in [6.45, 7) is 2.62. The Labute approximate surface area is 149 Å². The largest absolute Gasteiger partial charge is 0.492 e. The van der Waals surface area contributed by atoms with Crippen LogP contribution in [0.15, 0.2) is 53.5 Å². The molecule has 0 unspecified atom stereocenters. The van der Waals surface area contributed by atoms with E-state index in [1.54, 1.807) is 30.1 Å². The zero-order valence-electron chi connectivity index (χ0n) is 14.5. The summed E-state index contributed by atoms with van der Waals surface area (Å²) in [5.74, 6) is 0.740. The normalized spacial score (nSPS) is 10.7. The molecule has 0 atom stereocenters. The van der Waals surface area contributed by atoms with E-state index in [1.165, 1.54) is 6.20 Å². The van der Waals surface area contributed by atoms with E-state index in [0.29, 0.717) is 24.5 Å². The molecule has 134 valence electrons. The first-order valence-electron chi connectivity index (χ1n) is 8.04. The number of rotatable bonds is 6. The van der Waals surface area contributed by atoms with Gasteiger partial charge in [-0.3, -0.25) is 19.3 Å². The van der Waals surface area contributed by atoms with Crippen molar-refractivity contribution in [2.24, 2.45) is 0 Å². The third kappa shape index (κ3) is 3.49. The zero-order chi connectivity index (χ0) is 18.7. The Morgan fingerprint density at radius 2 is 1.96 bits per heavy atom. The van der Waals surface area contributed by atoms with Crippen LogP contribution in [0.5, 0.6) is 5.75 Å². The number of ether oxygens (including phenoxy) is 1. The van der Waals surface area contributed by atoms with Gasteiger partial charge in [0.2, 0.25) is 5.82 Å². The molecule has 0 aliphatic heterocycles. The number of anilines is 1. The summed E-state index contributed by atoms with van der Waals surface area (Å²) in [5, 5.41) is 11.4. The van der Waals surface area contributed by atoms with Crippen LogP contribution >= 0.6 is 0 Å². The smallest absolute Gasteiger partial charge is 0.376 e. The molecule has 0 spiro atoms. The zero-order valence-corrected chi connectivity index (χ0v) is 14.5. The molecule has 3 rings (SSSR count). The summed E-state index contributed by atoms with van der Waals surface area (Å²) < 4.78 is 6.81. The Bertz CT molecular complexity index is 998. The summed E-state index contributed by atoms with van der Waals surface area (Å²) in [6, 6.07) is 12.6. The maximum Gasteiger partial charge on any atom is 0.376 e. The van der Waals surface area contributed by atoms with Crippen molar-refractivity contribution in [3.05, 3.63) is 74.7 Å². The maximum atomic E-state index is 12.4. The minimum atomic E-state index is -0.707. The molecule has 0 radical (unpaired) electrons. The van der Waals surface area contributed by atoms with Crippen molar-refractivity contribution >= 4 is 17.2 Å². The first-order valence-corrected chi connectivity index (χ1v) is 8.04. The second-order valence-electron chi connectivity index (χ2n) is 5.86. The van der Waals surface area contributed by atoms with Gasteiger partial charge < -0.3 is 9.64 Å². The fourth-order valence-electron chi connectivity index (χ4n) is 2.53. The van der Waals surface area contributed by atoms with Gasteiger partial charge in [-0.15, -0.1) is 0 Å². The second-order valence-corrected chi connectivity index (χ2v) is 5.86. The Morgan fingerprint density at radius 3 is 2.65 bits per heavy atom. The number of hydrogen-bond acceptors (Lipinski definition) is 6. The molecule has 0 N–H and O–H groups in total. The second kappa shape index (κ2) is 7.22. The van der Waals surface area contributed by atoms with Gasteiger partial charge in [-0.05, 0) is 31.2 Å². The van der Waals surface area contributed by atoms with Gasteiger partial charge in [-0.1, -0.05) is 23.8 Å². The summed E-state index contributed by atoms with van der Waals surface area (Å²) in [5.41, 5.74) is 0.226. The molecule has 8 nitrogen and oxygen atoms in total. The van der Waals surface area contributed by atoms with Crippen molar-refractivity contribution in [3.8, 4) is 5.75 Å². The Kier molecular flexibility index (Phi) is 4.83. The van der Waals surface area contributed by atoms with Crippen LogP contribution in [0, 0.1) is 17.0 Å². The lowest BCUT2D eigenvalue weighted by Gasteiger charge is -2.18. The summed E-state index contributed by atoms with van der Waals surface area (Å²) in [4.78, 5) is 29.0. The molecule has 0 saturated heterocycles. The monoisotopic (exact) mass is 354 g/mol. The molecule has 0 aliphatic carbocycles. The summed E-state index contributed by atoms with van der Waals surface area (Å²) >= 11 is 0. The lowest BCUT2D eigenvalue weighted by molar-refractivity contribution is -0.385. The van der Waals surface area contributed by atoms with Gasteiger partial charge >= 0.3 is 11.2 Å². The molecule has 3 aromatic rings. The van der Waals surface area contributed by atoms with E-state index < -0.39 is 16.2 Å². The minimum absolute atomic E-state index is 0.0266. The number of nitro groups is 1. The van der Waals surface area contributed by atoms with E-state index in [2.05, 4.69) is 4.98 Å². The van der Waals surface area contributed by atoms with Crippen LogP contribution in [-0.2, 0) is 0 Å². The van der Waals surface area contributed by atoms with Crippen molar-refractivity contribution in [3.63, 3.8) is 0 Å². The van der Waals surface area contributed by atoms with Gasteiger partial charge in [0.05, 0.1) is 11.5 Å². The highest BCUT2D eigenvalue weighted by molar-refractivity contribution is 5.61. The van der Waals surface area contributed by atoms with Crippen LogP contribution in [0.25, 0.3) is 5.65 Å². The van der Waals surface area contributed by atoms with E-state index in [1.807, 2.05) is 31.2 Å². The molecular formula is C18H18N4O4. The maximum absolute atomic E-state index is 12.4. The van der Waals surface area contributed by atoms with Crippen molar-refractivity contribution in [2.45, 2.75) is 6.92 Å². The molecule has 2 heterocycles. The van der Waals surface area contributed by atoms with Crippen LogP contribution in [0.1, 0.15) is 5.56 Å². The first-order chi connectivity index (χ1) is 12.5. The summed E-state index contributed by atoms with van der Waals surface area (Å²) in [7, 11) is 1.65. The molecule has 0 amide bonds. The molecular weight excluding hydrogens is 336 g/mol. The number of benzene rings is 1. The molecule has 1 aromatic carbocycles. The first kappa shape index (κ1) is 17.4. The Balaban J connectivity index is 1.84. The molecule has 0 bridgehead atoms. The van der Waals surface area contributed by atoms with Gasteiger partial charge in [-0.2, -0.15) is 0 Å². The van der Waals surface area contributed by atoms with Gasteiger partial charge in [0.1, 0.15) is 18.0 Å². The third-order valence-corrected chi connectivity index (χ3v) is 3.95. The Hall–Kier alpha value is -3.42. The van der Waals surface area contributed by atoms with Gasteiger partial charge in [0.15, 0.2) is 0 Å². The minimum Gasteiger partial charge on any atom is -0.492 e. The third-order valence-electron chi connectivity index (χ3n) is 3.95. The lowest BCUT2D eigenvalue weighted by Crippen LogP contribution is -2.29. The van der Waals surface area contributed by atoms with Gasteiger partial charge in [0, 0.05) is 13.2 Å². The molecule has 26 heavy (non-hydrogen) atoms. The van der Waals surface area contributed by atoms with Crippen molar-refractivity contribution in [1.82, 2.24) is 9.38 Å². The van der Waals surface area contributed by atoms with Crippen LogP contribution in [0.3, 0.4) is 0 Å². The van der Waals surface area contributed by atoms with Crippen molar-refractivity contribution < 1.29 is 9.66 Å². The van der Waals surface area contributed by atoms with Crippen molar-refractivity contribution in [1.29, 1.82) is 0 Å². The van der Waals surface area contributed by atoms with E-state index in [9.17, 15) is 14.9 Å². The average Bonchev–Trinajstić information content (AvgIpc) is 2.63. The summed E-state index contributed by atoms with van der Waals surface area (Å²) in [6.07, 6.45) is 1.46. The number of pyridine rings is 1. The van der Waals surface area contributed by atoms with Crippen molar-refractivity contribution in [2.75, 3.05) is 25.1 Å². The van der Waals surface area contributed by atoms with Crippen LogP contribution < -0.4 is 15.2 Å². The van der Waals surface area contributed by atoms with E-state index in [0.717, 1.165) is 9.96 Å². The number of aryl methyl sites for hydroxylation is 1. The van der Waals surface area contributed by atoms with E-state index in [-0.39, 0.29) is 5.82 Å². The highest BCUT2D eigenvalue weighted by Crippen LogP contribution is 2.21. The van der Waals surface area contributed by atoms with E-state index >= 15 is 0 Å². The number of fused-ring (bicyclic) bond motifs is 1. The number of hydrogen-bond donors (Lipinski definition) is 0. The Morgan fingerprint density at radius 1 is 1.23 bits per heavy atom. The molecule has 2 aromatic heterocycles. The average molecular weight is 354 g/mol. The topological polar surface area (TPSA) is 90.0 Å². The van der Waals surface area contributed by atoms with E-state index in [4.69, 9.17) is 4.74 Å². The number of likely N-dealkylation sites (N-methyl/N-ethyl adjacent to an activating group) is 1. The molecule has 0 fully saturated rings. The van der Waals surface area contributed by atoms with Crippen LogP contribution in [0.4, 0.5) is 11.5 Å². The standard InChI is InChI=1S/C18H18N4O4/c1-13-6-8-14(9-7-13)26-12-11-20(2)17-16(22(24)25)18(23)21-10-4-3-5-15(21)19-17/h3-10H,11-12H2,1-2H3. The molecule has 8 heteroatoms. The highest BCUT2D eigenvalue weighted by Gasteiger charge is 2.26. The fourth-order valence-corrected chi connectivity index (χ4v) is 2.53. The van der Waals surface area contributed by atoms with Crippen LogP contribution in [0.2, 0.25) is 0 Å². The molecule has 0 aliphatic rings. The number of aromatic nitrogens is 2. The van der Waals surface area contributed by atoms with Crippen LogP contribution in [-0.4, -0.2) is 34.5 Å². The quantitative estimate of drug-likeness (QED) is 0.499. The lowest BCUT2D eigenvalue weighted by atomic mass is 10.2. The number of nitrogens with zero attached hydrogens (tertiary/aromatic N) is 4. The SMILES string of the molecule is Cc1ccc(OCCN(C)c2nc3ccccn3c(=O)c2[N+](=O)[O-])cc1. The fraction of sp³-hybridized carbons (Fsp3) is 0.222.